The Hall–Kier alpha value is -2.50. The second-order valence-electron chi connectivity index (χ2n) is 3.92. The van der Waals surface area contributed by atoms with Crippen molar-refractivity contribution in [1.29, 1.82) is 0 Å². The highest BCUT2D eigenvalue weighted by atomic mass is 16.4. The molecule has 2 aromatic heterocycles. The minimum atomic E-state index is -0.435. The van der Waals surface area contributed by atoms with E-state index in [-0.39, 0.29) is 22.6 Å². The molecule has 6 nitrogen and oxygen atoms in total. The smallest absolute Gasteiger partial charge is 0.283 e. The van der Waals surface area contributed by atoms with Crippen LogP contribution in [0.1, 0.15) is 11.8 Å². The average molecular weight is 244 g/mol. The highest BCUT2D eigenvalue weighted by Crippen LogP contribution is 2.18. The van der Waals surface area contributed by atoms with E-state index >= 15 is 0 Å². The molecule has 0 unspecified atom stereocenters. The molecule has 0 aliphatic rings. The number of hydrogen-bond acceptors (Lipinski definition) is 6. The van der Waals surface area contributed by atoms with Crippen molar-refractivity contribution in [2.45, 2.75) is 13.8 Å². The molecule has 0 aliphatic carbocycles. The molecule has 0 aliphatic heterocycles. The molecule has 0 atom stereocenters. The molecule has 0 saturated carbocycles. The molecule has 1 aromatic carbocycles. The van der Waals surface area contributed by atoms with Crippen LogP contribution in [0, 0.1) is 13.8 Å². The quantitative estimate of drug-likeness (QED) is 0.554. The minimum absolute atomic E-state index is 0.242. The Balaban J connectivity index is 2.59. The molecule has 6 heteroatoms. The molecule has 0 bridgehead atoms. The monoisotopic (exact) mass is 244 g/mol. The Bertz CT molecular complexity index is 821. The summed E-state index contributed by atoms with van der Waals surface area (Å²) in [7, 11) is 0. The van der Waals surface area contributed by atoms with Crippen LogP contribution in [0.5, 0.6) is 0 Å². The third kappa shape index (κ3) is 1.50. The molecule has 0 spiro atoms. The average Bonchev–Trinajstić information content (AvgIpc) is 2.26. The Morgan fingerprint density at radius 1 is 0.833 bits per heavy atom. The van der Waals surface area contributed by atoms with Gasteiger partial charge in [0.2, 0.25) is 0 Å². The first-order valence-electron chi connectivity index (χ1n) is 5.27. The van der Waals surface area contributed by atoms with Crippen LogP contribution in [0.25, 0.3) is 21.9 Å². The predicted molar refractivity (Wildman–Crippen MR) is 63.6 cm³/mol. The summed E-state index contributed by atoms with van der Waals surface area (Å²) in [5, 5.41) is 0.483. The lowest BCUT2D eigenvalue weighted by atomic mass is 10.2. The number of aryl methyl sites for hydroxylation is 2. The van der Waals surface area contributed by atoms with Crippen LogP contribution in [0.4, 0.5) is 0 Å². The van der Waals surface area contributed by atoms with E-state index in [0.717, 1.165) is 0 Å². The topological polar surface area (TPSA) is 86.2 Å². The van der Waals surface area contributed by atoms with Gasteiger partial charge in [0.05, 0.1) is 10.8 Å². The predicted octanol–water partition coefficient (Wildman–Crippen LogP) is 1.31. The maximum Gasteiger partial charge on any atom is 0.283 e. The summed E-state index contributed by atoms with van der Waals surface area (Å²) in [6.07, 6.45) is 0. The maximum atomic E-state index is 11.7. The second kappa shape index (κ2) is 3.49. The summed E-state index contributed by atoms with van der Waals surface area (Å²) in [5.41, 5.74) is -0.186. The number of rotatable bonds is 0. The fourth-order valence-electron chi connectivity index (χ4n) is 1.83. The van der Waals surface area contributed by atoms with Crippen LogP contribution in [0.15, 0.2) is 30.6 Å². The lowest BCUT2D eigenvalue weighted by Crippen LogP contribution is -2.11. The van der Waals surface area contributed by atoms with Gasteiger partial charge in [-0.2, -0.15) is 9.97 Å². The molecule has 3 aromatic rings. The van der Waals surface area contributed by atoms with Crippen molar-refractivity contribution in [3.05, 3.63) is 44.6 Å². The fraction of sp³-hybridized carbons (Fsp3) is 0.167. The number of hydrogen-bond donors (Lipinski definition) is 0. The zero-order chi connectivity index (χ0) is 12.9. The van der Waals surface area contributed by atoms with Crippen molar-refractivity contribution >= 4 is 21.9 Å². The van der Waals surface area contributed by atoms with E-state index in [4.69, 9.17) is 8.83 Å². The largest absolute Gasteiger partial charge is 0.442 e. The van der Waals surface area contributed by atoms with E-state index in [1.165, 1.54) is 12.1 Å². The molecular weight excluding hydrogens is 236 g/mol. The van der Waals surface area contributed by atoms with Crippen molar-refractivity contribution in [2.75, 3.05) is 0 Å². The van der Waals surface area contributed by atoms with Gasteiger partial charge in [-0.1, -0.05) is 0 Å². The van der Waals surface area contributed by atoms with Gasteiger partial charge in [0.15, 0.2) is 11.8 Å². The van der Waals surface area contributed by atoms with Crippen LogP contribution < -0.4 is 11.1 Å². The summed E-state index contributed by atoms with van der Waals surface area (Å²) in [5.74, 6) is 0.528. The lowest BCUT2D eigenvalue weighted by molar-refractivity contribution is 0.524. The van der Waals surface area contributed by atoms with Crippen LogP contribution in [-0.2, 0) is 0 Å². The van der Waals surface area contributed by atoms with Crippen molar-refractivity contribution in [3.63, 3.8) is 0 Å². The maximum absolute atomic E-state index is 11.7. The molecular formula is C12H8N2O4. The lowest BCUT2D eigenvalue weighted by Gasteiger charge is -2.00. The summed E-state index contributed by atoms with van der Waals surface area (Å²) in [6.45, 7) is 3.16. The van der Waals surface area contributed by atoms with E-state index < -0.39 is 11.1 Å². The molecule has 0 fully saturated rings. The number of fused-ring (bicyclic) bond motifs is 2. The van der Waals surface area contributed by atoms with Crippen molar-refractivity contribution in [2.24, 2.45) is 0 Å². The molecule has 0 N–H and O–H groups in total. The fourth-order valence-corrected chi connectivity index (χ4v) is 1.83. The summed E-state index contributed by atoms with van der Waals surface area (Å²) >= 11 is 0. The zero-order valence-corrected chi connectivity index (χ0v) is 9.68. The van der Waals surface area contributed by atoms with Gasteiger partial charge in [-0.15, -0.1) is 0 Å². The van der Waals surface area contributed by atoms with Crippen LogP contribution >= 0.6 is 0 Å². The Kier molecular flexibility index (Phi) is 2.07. The number of nitrogens with zero attached hydrogens (tertiary/aromatic N) is 2. The molecule has 0 saturated heterocycles. The van der Waals surface area contributed by atoms with Gasteiger partial charge in [0.25, 0.3) is 11.1 Å². The van der Waals surface area contributed by atoms with Gasteiger partial charge in [0.1, 0.15) is 11.2 Å². The normalized spacial score (nSPS) is 11.2. The third-order valence-electron chi connectivity index (χ3n) is 2.58. The van der Waals surface area contributed by atoms with Gasteiger partial charge in [0, 0.05) is 19.9 Å². The zero-order valence-electron chi connectivity index (χ0n) is 9.68. The van der Waals surface area contributed by atoms with Gasteiger partial charge in [-0.3, -0.25) is 9.59 Å². The first-order valence-corrected chi connectivity index (χ1v) is 5.27. The number of aromatic nitrogens is 2. The molecule has 18 heavy (non-hydrogen) atoms. The molecule has 90 valence electrons. The van der Waals surface area contributed by atoms with E-state index in [1.54, 1.807) is 13.8 Å². The van der Waals surface area contributed by atoms with Gasteiger partial charge < -0.3 is 8.83 Å². The molecule has 0 radical (unpaired) electrons. The first-order chi connectivity index (χ1) is 8.54. The standard InChI is InChI=1S/C12H8N2O4/c1-5-13-11(15)7-3-8-10(4-9(7)17-5)18-6(2)14-12(8)16/h3-4H,1-2H3. The van der Waals surface area contributed by atoms with E-state index in [0.29, 0.717) is 11.2 Å². The van der Waals surface area contributed by atoms with Gasteiger partial charge in [-0.25, -0.2) is 0 Å². The summed E-state index contributed by atoms with van der Waals surface area (Å²) < 4.78 is 10.7. The second-order valence-corrected chi connectivity index (χ2v) is 3.92. The van der Waals surface area contributed by atoms with Crippen LogP contribution in [0.3, 0.4) is 0 Å². The van der Waals surface area contributed by atoms with E-state index in [2.05, 4.69) is 9.97 Å². The van der Waals surface area contributed by atoms with Crippen molar-refractivity contribution < 1.29 is 8.83 Å². The molecule has 0 amide bonds. The Morgan fingerprint density at radius 2 is 1.28 bits per heavy atom. The molecule has 2 heterocycles. The molecule has 3 rings (SSSR count). The van der Waals surface area contributed by atoms with Gasteiger partial charge in [-0.05, 0) is 6.07 Å². The highest BCUT2D eigenvalue weighted by molar-refractivity contribution is 5.91. The Labute approximate surface area is 99.9 Å². The highest BCUT2D eigenvalue weighted by Gasteiger charge is 2.10. The van der Waals surface area contributed by atoms with Crippen LogP contribution in [0.2, 0.25) is 0 Å². The van der Waals surface area contributed by atoms with E-state index in [1.807, 2.05) is 0 Å². The van der Waals surface area contributed by atoms with Crippen LogP contribution in [-0.4, -0.2) is 9.97 Å². The Morgan fingerprint density at radius 3 is 1.72 bits per heavy atom. The number of benzene rings is 1. The van der Waals surface area contributed by atoms with E-state index in [9.17, 15) is 9.59 Å². The third-order valence-corrected chi connectivity index (χ3v) is 2.58. The van der Waals surface area contributed by atoms with Gasteiger partial charge >= 0.3 is 0 Å². The van der Waals surface area contributed by atoms with Crippen molar-refractivity contribution in [3.8, 4) is 0 Å². The van der Waals surface area contributed by atoms with Crippen molar-refractivity contribution in [1.82, 2.24) is 9.97 Å². The minimum Gasteiger partial charge on any atom is -0.442 e. The summed E-state index contributed by atoms with van der Waals surface area (Å²) in [4.78, 5) is 30.8. The SMILES string of the molecule is Cc1nc(=O)c2cc3c(=O)nc(C)oc3cc2o1. The summed E-state index contributed by atoms with van der Waals surface area (Å²) in [6, 6.07) is 2.91. The first kappa shape index (κ1) is 10.6.